The monoisotopic (exact) mass is 238 g/mol. The average molecular weight is 238 g/mol. The number of anilines is 1. The molecule has 17 heavy (non-hydrogen) atoms. The van der Waals surface area contributed by atoms with E-state index in [9.17, 15) is 4.79 Å². The molecule has 0 aliphatic heterocycles. The molecule has 1 aromatic rings. The van der Waals surface area contributed by atoms with E-state index in [1.165, 1.54) is 0 Å². The molecule has 94 valence electrons. The van der Waals surface area contributed by atoms with E-state index >= 15 is 0 Å². The lowest BCUT2D eigenvalue weighted by Crippen LogP contribution is -2.35. The molecule has 5 nitrogen and oxygen atoms in total. The number of nitrogens with two attached hydrogens (primary N) is 1. The standard InChI is InChI=1S/C12H18N2O3/c1-16-8-11(17-2)7-14-12(15)9-4-3-5-10(13)6-9/h3-6,11H,7-8,13H2,1-2H3,(H,14,15). The number of amides is 1. The Morgan fingerprint density at radius 1 is 1.47 bits per heavy atom. The summed E-state index contributed by atoms with van der Waals surface area (Å²) in [6.07, 6.45) is -0.148. The van der Waals surface area contributed by atoms with Gasteiger partial charge in [0.1, 0.15) is 0 Å². The molecule has 0 radical (unpaired) electrons. The maximum absolute atomic E-state index is 11.8. The summed E-state index contributed by atoms with van der Waals surface area (Å²) in [6.45, 7) is 0.839. The minimum absolute atomic E-state index is 0.148. The van der Waals surface area contributed by atoms with E-state index in [1.807, 2.05) is 0 Å². The highest BCUT2D eigenvalue weighted by Gasteiger charge is 2.10. The van der Waals surface area contributed by atoms with Crippen LogP contribution in [0.5, 0.6) is 0 Å². The maximum Gasteiger partial charge on any atom is 0.251 e. The van der Waals surface area contributed by atoms with Crippen molar-refractivity contribution >= 4 is 11.6 Å². The van der Waals surface area contributed by atoms with Gasteiger partial charge in [-0.05, 0) is 18.2 Å². The second-order valence-electron chi connectivity index (χ2n) is 3.65. The molecule has 1 atom stereocenters. The number of methoxy groups -OCH3 is 2. The lowest BCUT2D eigenvalue weighted by molar-refractivity contribution is 0.0285. The van der Waals surface area contributed by atoms with E-state index in [1.54, 1.807) is 38.5 Å². The highest BCUT2D eigenvalue weighted by Crippen LogP contribution is 2.06. The number of carbonyl (C=O) groups excluding carboxylic acids is 1. The number of nitrogens with one attached hydrogen (secondary N) is 1. The molecule has 0 aliphatic rings. The van der Waals surface area contributed by atoms with Crippen LogP contribution in [0, 0.1) is 0 Å². The van der Waals surface area contributed by atoms with Crippen LogP contribution >= 0.6 is 0 Å². The van der Waals surface area contributed by atoms with Gasteiger partial charge in [0.15, 0.2) is 0 Å². The van der Waals surface area contributed by atoms with Gasteiger partial charge in [-0.1, -0.05) is 6.07 Å². The number of nitrogen functional groups attached to an aromatic ring is 1. The van der Waals surface area contributed by atoms with E-state index in [4.69, 9.17) is 15.2 Å². The predicted molar refractivity (Wildman–Crippen MR) is 65.9 cm³/mol. The zero-order chi connectivity index (χ0) is 12.7. The molecule has 1 unspecified atom stereocenters. The topological polar surface area (TPSA) is 73.6 Å². The Bertz CT molecular complexity index is 369. The van der Waals surface area contributed by atoms with Crippen LogP contribution in [0.1, 0.15) is 10.4 Å². The molecule has 0 saturated carbocycles. The minimum Gasteiger partial charge on any atom is -0.399 e. The molecule has 3 N–H and O–H groups in total. The summed E-state index contributed by atoms with van der Waals surface area (Å²) in [4.78, 5) is 11.8. The van der Waals surface area contributed by atoms with Gasteiger partial charge in [0, 0.05) is 32.0 Å². The number of hydrogen-bond donors (Lipinski definition) is 2. The van der Waals surface area contributed by atoms with Gasteiger partial charge >= 0.3 is 0 Å². The fourth-order valence-corrected chi connectivity index (χ4v) is 1.38. The summed E-state index contributed by atoms with van der Waals surface area (Å²) in [7, 11) is 3.17. The molecule has 0 heterocycles. The zero-order valence-corrected chi connectivity index (χ0v) is 10.1. The summed E-state index contributed by atoms with van der Waals surface area (Å²) in [5.74, 6) is -0.171. The molecule has 0 aromatic heterocycles. The highest BCUT2D eigenvalue weighted by atomic mass is 16.5. The molecular formula is C12H18N2O3. The molecule has 1 aromatic carbocycles. The molecule has 0 bridgehead atoms. The van der Waals surface area contributed by atoms with Gasteiger partial charge in [-0.15, -0.1) is 0 Å². The molecular weight excluding hydrogens is 220 g/mol. The van der Waals surface area contributed by atoms with Crippen molar-refractivity contribution in [3.63, 3.8) is 0 Å². The Hall–Kier alpha value is -1.59. The molecule has 5 heteroatoms. The van der Waals surface area contributed by atoms with Gasteiger partial charge in [-0.2, -0.15) is 0 Å². The Labute approximate surface area is 101 Å². The van der Waals surface area contributed by atoms with E-state index in [0.717, 1.165) is 0 Å². The van der Waals surface area contributed by atoms with Crippen LogP contribution in [0.25, 0.3) is 0 Å². The van der Waals surface area contributed by atoms with Crippen molar-refractivity contribution in [2.45, 2.75) is 6.10 Å². The van der Waals surface area contributed by atoms with Crippen molar-refractivity contribution in [1.82, 2.24) is 5.32 Å². The first-order valence-electron chi connectivity index (χ1n) is 5.33. The predicted octanol–water partition coefficient (Wildman–Crippen LogP) is 0.660. The quantitative estimate of drug-likeness (QED) is 0.714. The van der Waals surface area contributed by atoms with Gasteiger partial charge in [-0.3, -0.25) is 4.79 Å². The van der Waals surface area contributed by atoms with Gasteiger partial charge in [0.05, 0.1) is 12.7 Å². The van der Waals surface area contributed by atoms with Crippen LogP contribution in [-0.2, 0) is 9.47 Å². The van der Waals surface area contributed by atoms with Crippen LogP contribution in [-0.4, -0.2) is 39.4 Å². The Morgan fingerprint density at radius 2 is 2.24 bits per heavy atom. The van der Waals surface area contributed by atoms with Gasteiger partial charge in [-0.25, -0.2) is 0 Å². The molecule has 1 amide bonds. The lowest BCUT2D eigenvalue weighted by Gasteiger charge is -2.15. The number of hydrogen-bond acceptors (Lipinski definition) is 4. The molecule has 0 fully saturated rings. The third-order valence-corrected chi connectivity index (χ3v) is 2.32. The summed E-state index contributed by atoms with van der Waals surface area (Å²) < 4.78 is 10.1. The van der Waals surface area contributed by atoms with Crippen molar-refractivity contribution in [3.05, 3.63) is 29.8 Å². The number of carbonyl (C=O) groups is 1. The summed E-state index contributed by atoms with van der Waals surface area (Å²) in [5, 5.41) is 2.76. The third kappa shape index (κ3) is 4.42. The van der Waals surface area contributed by atoms with Crippen LogP contribution in [0.15, 0.2) is 24.3 Å². The maximum atomic E-state index is 11.8. The molecule has 0 aliphatic carbocycles. The molecule has 0 spiro atoms. The van der Waals surface area contributed by atoms with E-state index < -0.39 is 0 Å². The van der Waals surface area contributed by atoms with E-state index in [-0.39, 0.29) is 12.0 Å². The smallest absolute Gasteiger partial charge is 0.251 e. The van der Waals surface area contributed by atoms with Crippen LogP contribution in [0.4, 0.5) is 5.69 Å². The summed E-state index contributed by atoms with van der Waals surface area (Å²) in [5.41, 5.74) is 6.71. The van der Waals surface area contributed by atoms with Crippen molar-refractivity contribution in [2.24, 2.45) is 0 Å². The van der Waals surface area contributed by atoms with Crippen LogP contribution in [0.3, 0.4) is 0 Å². The normalized spacial score (nSPS) is 12.1. The number of rotatable bonds is 6. The van der Waals surface area contributed by atoms with Crippen molar-refractivity contribution in [1.29, 1.82) is 0 Å². The third-order valence-electron chi connectivity index (χ3n) is 2.32. The Balaban J connectivity index is 2.49. The Morgan fingerprint density at radius 3 is 2.82 bits per heavy atom. The number of ether oxygens (including phenoxy) is 2. The molecule has 0 saturated heterocycles. The second kappa shape index (κ2) is 6.88. The SMILES string of the molecule is COCC(CNC(=O)c1cccc(N)c1)OC. The van der Waals surface area contributed by atoms with Gasteiger partial charge < -0.3 is 20.5 Å². The van der Waals surface area contributed by atoms with Crippen molar-refractivity contribution < 1.29 is 14.3 Å². The van der Waals surface area contributed by atoms with Crippen molar-refractivity contribution in [3.8, 4) is 0 Å². The first-order chi connectivity index (χ1) is 8.17. The summed E-state index contributed by atoms with van der Waals surface area (Å²) >= 11 is 0. The first-order valence-corrected chi connectivity index (χ1v) is 5.33. The highest BCUT2D eigenvalue weighted by molar-refractivity contribution is 5.94. The molecule has 1 rings (SSSR count). The minimum atomic E-state index is -0.171. The average Bonchev–Trinajstić information content (AvgIpc) is 2.34. The summed E-state index contributed by atoms with van der Waals surface area (Å²) in [6, 6.07) is 6.82. The van der Waals surface area contributed by atoms with Gasteiger partial charge in [0.2, 0.25) is 0 Å². The van der Waals surface area contributed by atoms with Crippen molar-refractivity contribution in [2.75, 3.05) is 33.1 Å². The Kier molecular flexibility index (Phi) is 5.45. The first kappa shape index (κ1) is 13.5. The second-order valence-corrected chi connectivity index (χ2v) is 3.65. The van der Waals surface area contributed by atoms with Crippen LogP contribution in [0.2, 0.25) is 0 Å². The lowest BCUT2D eigenvalue weighted by atomic mass is 10.2. The fraction of sp³-hybridized carbons (Fsp3) is 0.417. The van der Waals surface area contributed by atoms with Gasteiger partial charge in [0.25, 0.3) is 5.91 Å². The zero-order valence-electron chi connectivity index (χ0n) is 10.1. The van der Waals surface area contributed by atoms with E-state index in [2.05, 4.69) is 5.32 Å². The number of benzene rings is 1. The fourth-order valence-electron chi connectivity index (χ4n) is 1.38. The largest absolute Gasteiger partial charge is 0.399 e. The van der Waals surface area contributed by atoms with Crippen LogP contribution < -0.4 is 11.1 Å². The van der Waals surface area contributed by atoms with E-state index in [0.29, 0.717) is 24.4 Å².